The van der Waals surface area contributed by atoms with Gasteiger partial charge in [-0.2, -0.15) is 19.0 Å². The zero-order chi connectivity index (χ0) is 33.0. The van der Waals surface area contributed by atoms with E-state index in [1.54, 1.807) is 31.0 Å². The molecule has 2 aromatic carbocycles. The Morgan fingerprint density at radius 3 is 2.52 bits per heavy atom. The number of alkyl halides is 4. The average molecular weight is 662 g/mol. The molecule has 3 N–H and O–H groups in total. The van der Waals surface area contributed by atoms with Crippen molar-refractivity contribution in [2.24, 2.45) is 7.05 Å². The van der Waals surface area contributed by atoms with Crippen LogP contribution in [-0.4, -0.2) is 44.6 Å². The summed E-state index contributed by atoms with van der Waals surface area (Å²) >= 11 is 0. The molecule has 46 heavy (non-hydrogen) atoms. The molecule has 10 nitrogen and oxygen atoms in total. The Balaban J connectivity index is 1.42. The van der Waals surface area contributed by atoms with Crippen LogP contribution in [0.5, 0.6) is 5.75 Å². The molecule has 6 rings (SSSR count). The van der Waals surface area contributed by atoms with Gasteiger partial charge in [0.05, 0.1) is 28.8 Å². The number of sulfonamides is 1. The topological polar surface area (TPSA) is 130 Å². The highest BCUT2D eigenvalue weighted by atomic mass is 32.2. The maximum absolute atomic E-state index is 13.9. The zero-order valence-electron chi connectivity index (χ0n) is 24.5. The molecule has 2 atom stereocenters. The first-order valence-corrected chi connectivity index (χ1v) is 15.7. The Bertz CT molecular complexity index is 2030. The highest BCUT2D eigenvalue weighted by molar-refractivity contribution is 7.93. The van der Waals surface area contributed by atoms with E-state index in [2.05, 4.69) is 15.2 Å². The molecule has 0 saturated heterocycles. The van der Waals surface area contributed by atoms with Gasteiger partial charge in [0.25, 0.3) is 10.0 Å². The molecule has 0 amide bonds. The molecule has 1 aliphatic rings. The minimum Gasteiger partial charge on any atom is -0.484 e. The first-order valence-electron chi connectivity index (χ1n) is 14.1. The summed E-state index contributed by atoms with van der Waals surface area (Å²) in [5.74, 6) is -6.89. The number of rotatable bonds is 9. The second-order valence-corrected chi connectivity index (χ2v) is 12.8. The lowest BCUT2D eigenvalue weighted by molar-refractivity contribution is 0.00518. The van der Waals surface area contributed by atoms with Gasteiger partial charge in [0.2, 0.25) is 5.92 Å². The van der Waals surface area contributed by atoms with Crippen LogP contribution in [0.25, 0.3) is 33.3 Å². The third-order valence-electron chi connectivity index (χ3n) is 7.94. The maximum Gasteiger partial charge on any atom is 0.355 e. The summed E-state index contributed by atoms with van der Waals surface area (Å²) in [5, 5.41) is 9.41. The van der Waals surface area contributed by atoms with Crippen molar-refractivity contribution in [1.29, 1.82) is 0 Å². The number of nitrogens with zero attached hydrogens (tertiary/aromatic N) is 5. The SMILES string of the molecule is CC(Oc1cc(-c2nn(C)c3c(-c4cnn(C5CCC(F)(F)C5)c4)cnc(N)c23)ccc1NS(=O)(=O)C(F)F)c1ccc(F)cc1. The number of halogens is 5. The van der Waals surface area contributed by atoms with Gasteiger partial charge in [0, 0.05) is 49.0 Å². The van der Waals surface area contributed by atoms with Crippen molar-refractivity contribution in [2.75, 3.05) is 10.5 Å². The van der Waals surface area contributed by atoms with Crippen molar-refractivity contribution in [1.82, 2.24) is 24.5 Å². The Morgan fingerprint density at radius 1 is 1.11 bits per heavy atom. The molecule has 2 unspecified atom stereocenters. The van der Waals surface area contributed by atoms with Gasteiger partial charge in [-0.1, -0.05) is 18.2 Å². The molecule has 0 bridgehead atoms. The van der Waals surface area contributed by atoms with Gasteiger partial charge in [-0.3, -0.25) is 14.1 Å². The fraction of sp³-hybridized carbons (Fsp3) is 0.300. The first-order chi connectivity index (χ1) is 21.7. The number of hydrogen-bond acceptors (Lipinski definition) is 7. The standard InChI is InChI=1S/C30H28F5N7O3S/c1-16(17-3-6-20(31)7-4-17)45-24-11-18(5-8-23(24)40-46(43,44)29(32)33)26-25-27(41(2)39-26)22(14-37-28(25)36)19-13-38-42(15-19)21-9-10-30(34,35)12-21/h3-8,11,13-16,21,29,40H,9-10,12H2,1-2H3,(H2,36,37). The number of aryl methyl sites for hydroxylation is 1. The van der Waals surface area contributed by atoms with Crippen molar-refractivity contribution < 1.29 is 35.1 Å². The van der Waals surface area contributed by atoms with Gasteiger partial charge in [0.1, 0.15) is 29.2 Å². The van der Waals surface area contributed by atoms with E-state index in [-0.39, 0.29) is 30.1 Å². The molecule has 0 radical (unpaired) electrons. The van der Waals surface area contributed by atoms with Crippen molar-refractivity contribution >= 4 is 32.4 Å². The summed E-state index contributed by atoms with van der Waals surface area (Å²) in [5.41, 5.74) is 9.09. The molecular weight excluding hydrogens is 633 g/mol. The lowest BCUT2D eigenvalue weighted by Crippen LogP contribution is -2.21. The largest absolute Gasteiger partial charge is 0.484 e. The monoisotopic (exact) mass is 661 g/mol. The Hall–Kier alpha value is -4.73. The van der Waals surface area contributed by atoms with Gasteiger partial charge in [-0.05, 0) is 43.2 Å². The fourth-order valence-corrected chi connectivity index (χ4v) is 6.18. The summed E-state index contributed by atoms with van der Waals surface area (Å²) in [6.45, 7) is 1.63. The number of nitrogen functional groups attached to an aromatic ring is 1. The fourth-order valence-electron chi connectivity index (χ4n) is 5.62. The summed E-state index contributed by atoms with van der Waals surface area (Å²) in [4.78, 5) is 4.35. The quantitative estimate of drug-likeness (QED) is 0.169. The van der Waals surface area contributed by atoms with E-state index < -0.39 is 39.7 Å². The molecule has 1 saturated carbocycles. The third-order valence-corrected chi connectivity index (χ3v) is 8.91. The Kier molecular flexibility index (Phi) is 7.86. The minimum absolute atomic E-state index is 0.102. The summed E-state index contributed by atoms with van der Waals surface area (Å²) in [6.07, 6.45) is 3.82. The van der Waals surface area contributed by atoms with E-state index in [1.165, 1.54) is 53.3 Å². The van der Waals surface area contributed by atoms with E-state index in [4.69, 9.17) is 10.5 Å². The van der Waals surface area contributed by atoms with E-state index in [0.717, 1.165) is 0 Å². The first kappa shape index (κ1) is 31.3. The molecule has 3 heterocycles. The summed E-state index contributed by atoms with van der Waals surface area (Å²) in [6, 6.07) is 9.12. The van der Waals surface area contributed by atoms with E-state index in [9.17, 15) is 30.4 Å². The zero-order valence-corrected chi connectivity index (χ0v) is 25.3. The molecular formula is C30H28F5N7O3S. The lowest BCUT2D eigenvalue weighted by Gasteiger charge is -2.19. The van der Waals surface area contributed by atoms with Crippen LogP contribution in [-0.2, 0) is 17.1 Å². The molecule has 0 aliphatic heterocycles. The van der Waals surface area contributed by atoms with Crippen LogP contribution in [0.3, 0.4) is 0 Å². The van der Waals surface area contributed by atoms with Crippen LogP contribution in [0.1, 0.15) is 43.9 Å². The van der Waals surface area contributed by atoms with E-state index >= 15 is 0 Å². The second-order valence-electron chi connectivity index (χ2n) is 11.1. The minimum atomic E-state index is -5.05. The number of aromatic nitrogens is 5. The number of hydrogen-bond donors (Lipinski definition) is 2. The Labute approximate surface area is 260 Å². The molecule has 242 valence electrons. The van der Waals surface area contributed by atoms with Crippen molar-refractivity contribution in [3.05, 3.63) is 72.4 Å². The number of ether oxygens (including phenoxy) is 1. The number of fused-ring (bicyclic) bond motifs is 1. The van der Waals surface area contributed by atoms with E-state index in [0.29, 0.717) is 45.3 Å². The van der Waals surface area contributed by atoms with Crippen molar-refractivity contribution in [2.45, 2.75) is 50.0 Å². The van der Waals surface area contributed by atoms with Gasteiger partial charge >= 0.3 is 5.76 Å². The smallest absolute Gasteiger partial charge is 0.355 e. The van der Waals surface area contributed by atoms with Crippen LogP contribution in [0.15, 0.2) is 61.1 Å². The normalized spacial score (nSPS) is 17.1. The van der Waals surface area contributed by atoms with Crippen LogP contribution in [0.2, 0.25) is 0 Å². The summed E-state index contributed by atoms with van der Waals surface area (Å²) < 4.78 is 103. The maximum atomic E-state index is 13.9. The van der Waals surface area contributed by atoms with Crippen molar-refractivity contribution in [3.63, 3.8) is 0 Å². The lowest BCUT2D eigenvalue weighted by atomic mass is 10.0. The highest BCUT2D eigenvalue weighted by Gasteiger charge is 2.40. The van der Waals surface area contributed by atoms with Crippen LogP contribution in [0, 0.1) is 5.82 Å². The molecule has 3 aromatic heterocycles. The number of pyridine rings is 1. The molecule has 1 aliphatic carbocycles. The molecule has 5 aromatic rings. The molecule has 0 spiro atoms. The number of nitrogens with two attached hydrogens (primary N) is 1. The van der Waals surface area contributed by atoms with Gasteiger partial charge in [-0.25, -0.2) is 26.6 Å². The highest BCUT2D eigenvalue weighted by Crippen LogP contribution is 2.43. The van der Waals surface area contributed by atoms with Crippen molar-refractivity contribution in [3.8, 4) is 28.1 Å². The third kappa shape index (κ3) is 5.96. The molecule has 1 fully saturated rings. The predicted molar refractivity (Wildman–Crippen MR) is 161 cm³/mol. The number of benzene rings is 2. The Morgan fingerprint density at radius 2 is 1.85 bits per heavy atom. The van der Waals surface area contributed by atoms with Crippen LogP contribution >= 0.6 is 0 Å². The average Bonchev–Trinajstić information content (AvgIpc) is 3.72. The second kappa shape index (κ2) is 11.6. The number of anilines is 2. The number of nitrogens with one attached hydrogen (secondary N) is 1. The summed E-state index contributed by atoms with van der Waals surface area (Å²) in [7, 11) is -3.38. The van der Waals surface area contributed by atoms with Crippen LogP contribution < -0.4 is 15.2 Å². The van der Waals surface area contributed by atoms with Gasteiger partial charge < -0.3 is 10.5 Å². The van der Waals surface area contributed by atoms with Crippen LogP contribution in [0.4, 0.5) is 33.5 Å². The van der Waals surface area contributed by atoms with E-state index in [1.807, 2.05) is 4.72 Å². The predicted octanol–water partition coefficient (Wildman–Crippen LogP) is 6.68. The van der Waals surface area contributed by atoms with Gasteiger partial charge in [-0.15, -0.1) is 0 Å². The van der Waals surface area contributed by atoms with Gasteiger partial charge in [0.15, 0.2) is 0 Å². The molecule has 16 heteroatoms.